The van der Waals surface area contributed by atoms with E-state index < -0.39 is 5.97 Å². The number of amides is 2. The third-order valence-electron chi connectivity index (χ3n) is 2.88. The number of aliphatic carboxylic acids is 1. The minimum Gasteiger partial charge on any atom is -0.481 e. The highest BCUT2D eigenvalue weighted by Crippen LogP contribution is 2.01. The van der Waals surface area contributed by atoms with Crippen LogP contribution in [0.15, 0.2) is 6.33 Å². The van der Waals surface area contributed by atoms with Gasteiger partial charge in [0.15, 0.2) is 0 Å². The largest absolute Gasteiger partial charge is 0.481 e. The molecular weight excluding hydrogens is 262 g/mol. The summed E-state index contributed by atoms with van der Waals surface area (Å²) in [4.78, 5) is 24.1. The first-order valence-electron chi connectivity index (χ1n) is 6.51. The lowest BCUT2D eigenvalue weighted by Gasteiger charge is -2.26. The molecule has 1 aromatic rings. The summed E-state index contributed by atoms with van der Waals surface area (Å²) in [5.74, 6) is -0.130. The Morgan fingerprint density at radius 2 is 2.20 bits per heavy atom. The number of nitrogens with one attached hydrogen (secondary N) is 1. The van der Waals surface area contributed by atoms with Crippen molar-refractivity contribution in [3.05, 3.63) is 12.2 Å². The first-order valence-corrected chi connectivity index (χ1v) is 6.51. The van der Waals surface area contributed by atoms with Crippen molar-refractivity contribution in [2.75, 3.05) is 13.1 Å². The predicted octanol–water partition coefficient (Wildman–Crippen LogP) is 0.252. The lowest BCUT2D eigenvalue weighted by atomic mass is 10.3. The van der Waals surface area contributed by atoms with Crippen LogP contribution in [0.2, 0.25) is 0 Å². The Kier molecular flexibility index (Phi) is 5.95. The van der Waals surface area contributed by atoms with Gasteiger partial charge in [0.25, 0.3) is 0 Å². The normalized spacial score (nSPS) is 10.6. The summed E-state index contributed by atoms with van der Waals surface area (Å²) >= 11 is 0. The molecule has 8 nitrogen and oxygen atoms in total. The Bertz CT molecular complexity index is 458. The summed E-state index contributed by atoms with van der Waals surface area (Å²) in [7, 11) is 1.84. The van der Waals surface area contributed by atoms with E-state index in [1.807, 2.05) is 20.9 Å². The van der Waals surface area contributed by atoms with Crippen molar-refractivity contribution in [2.45, 2.75) is 32.7 Å². The molecule has 0 unspecified atom stereocenters. The van der Waals surface area contributed by atoms with Gasteiger partial charge in [0.05, 0.1) is 6.42 Å². The van der Waals surface area contributed by atoms with Gasteiger partial charge in [-0.15, -0.1) is 10.2 Å². The molecule has 0 atom stereocenters. The lowest BCUT2D eigenvalue weighted by molar-refractivity contribution is -0.137. The number of aryl methyl sites for hydroxylation is 1. The van der Waals surface area contributed by atoms with E-state index in [1.165, 1.54) is 4.90 Å². The molecule has 0 saturated carbocycles. The maximum Gasteiger partial charge on any atom is 0.317 e. The van der Waals surface area contributed by atoms with Crippen LogP contribution >= 0.6 is 0 Å². The summed E-state index contributed by atoms with van der Waals surface area (Å²) in [6.07, 6.45) is 2.12. The predicted molar refractivity (Wildman–Crippen MR) is 72.2 cm³/mol. The van der Waals surface area contributed by atoms with Crippen molar-refractivity contribution in [3.8, 4) is 0 Å². The number of aromatic nitrogens is 3. The second-order valence-electron chi connectivity index (χ2n) is 4.77. The molecule has 0 aliphatic heterocycles. The highest BCUT2D eigenvalue weighted by molar-refractivity contribution is 5.75. The molecule has 0 aliphatic rings. The zero-order valence-electron chi connectivity index (χ0n) is 12.0. The van der Waals surface area contributed by atoms with E-state index in [2.05, 4.69) is 15.5 Å². The molecule has 0 spiro atoms. The molecule has 2 N–H and O–H groups in total. The molecule has 1 aromatic heterocycles. The Hall–Kier alpha value is -2.12. The Morgan fingerprint density at radius 3 is 2.70 bits per heavy atom. The number of hydrogen-bond donors (Lipinski definition) is 2. The van der Waals surface area contributed by atoms with Crippen LogP contribution in [0, 0.1) is 0 Å². The number of carbonyl (C=O) groups is 2. The van der Waals surface area contributed by atoms with Crippen LogP contribution in [-0.2, 0) is 18.3 Å². The number of carboxylic acids is 1. The van der Waals surface area contributed by atoms with Crippen LogP contribution in [0.5, 0.6) is 0 Å². The Balaban J connectivity index is 2.42. The molecule has 0 radical (unpaired) electrons. The average molecular weight is 283 g/mol. The van der Waals surface area contributed by atoms with Crippen LogP contribution in [0.3, 0.4) is 0 Å². The van der Waals surface area contributed by atoms with E-state index in [-0.39, 0.29) is 25.0 Å². The molecule has 0 bridgehead atoms. The smallest absolute Gasteiger partial charge is 0.317 e. The van der Waals surface area contributed by atoms with Crippen molar-refractivity contribution < 1.29 is 14.7 Å². The molecule has 1 heterocycles. The van der Waals surface area contributed by atoms with Gasteiger partial charge in [-0.2, -0.15) is 0 Å². The highest BCUT2D eigenvalue weighted by atomic mass is 16.4. The van der Waals surface area contributed by atoms with Crippen LogP contribution in [0.1, 0.15) is 26.1 Å². The van der Waals surface area contributed by atoms with Crippen molar-refractivity contribution >= 4 is 12.0 Å². The number of carbonyl (C=O) groups excluding carboxylic acids is 1. The van der Waals surface area contributed by atoms with E-state index in [9.17, 15) is 9.59 Å². The molecule has 0 saturated heterocycles. The summed E-state index contributed by atoms with van der Waals surface area (Å²) in [6, 6.07) is -0.312. The summed E-state index contributed by atoms with van der Waals surface area (Å²) in [5.41, 5.74) is 0. The Morgan fingerprint density at radius 1 is 1.50 bits per heavy atom. The monoisotopic (exact) mass is 283 g/mol. The van der Waals surface area contributed by atoms with E-state index in [1.54, 1.807) is 10.9 Å². The third-order valence-corrected chi connectivity index (χ3v) is 2.88. The first kappa shape index (κ1) is 15.9. The van der Waals surface area contributed by atoms with Gasteiger partial charge < -0.3 is 19.9 Å². The second-order valence-corrected chi connectivity index (χ2v) is 4.77. The minimum atomic E-state index is -0.914. The molecule has 0 aromatic carbocycles. The van der Waals surface area contributed by atoms with Crippen molar-refractivity contribution in [3.63, 3.8) is 0 Å². The highest BCUT2D eigenvalue weighted by Gasteiger charge is 2.17. The number of rotatable bonds is 7. The van der Waals surface area contributed by atoms with Crippen LogP contribution < -0.4 is 5.32 Å². The van der Waals surface area contributed by atoms with Crippen LogP contribution in [-0.4, -0.2) is 55.9 Å². The van der Waals surface area contributed by atoms with E-state index in [0.29, 0.717) is 13.0 Å². The quantitative estimate of drug-likeness (QED) is 0.747. The van der Waals surface area contributed by atoms with Gasteiger partial charge in [-0.05, 0) is 13.8 Å². The fraction of sp³-hybridized carbons (Fsp3) is 0.667. The maximum absolute atomic E-state index is 12.0. The Labute approximate surface area is 117 Å². The van der Waals surface area contributed by atoms with Crippen molar-refractivity contribution in [2.24, 2.45) is 7.05 Å². The fourth-order valence-electron chi connectivity index (χ4n) is 1.73. The van der Waals surface area contributed by atoms with Crippen molar-refractivity contribution in [1.29, 1.82) is 0 Å². The summed E-state index contributed by atoms with van der Waals surface area (Å²) in [6.45, 7) is 4.33. The van der Waals surface area contributed by atoms with Gasteiger partial charge in [-0.3, -0.25) is 4.79 Å². The van der Waals surface area contributed by atoms with Crippen LogP contribution in [0.4, 0.5) is 4.79 Å². The number of urea groups is 1. The third kappa shape index (κ3) is 4.87. The molecular formula is C12H21N5O3. The molecule has 0 fully saturated rings. The van der Waals surface area contributed by atoms with E-state index >= 15 is 0 Å². The molecule has 112 valence electrons. The molecule has 20 heavy (non-hydrogen) atoms. The van der Waals surface area contributed by atoms with E-state index in [0.717, 1.165) is 5.82 Å². The minimum absolute atomic E-state index is 0.0517. The number of nitrogens with zero attached hydrogens (tertiary/aromatic N) is 4. The lowest BCUT2D eigenvalue weighted by Crippen LogP contribution is -2.45. The standard InChI is InChI=1S/C12H21N5O3/c1-9(2)17(7-5-11(18)19)12(20)13-6-4-10-15-14-8-16(10)3/h8-9H,4-7H2,1-3H3,(H,13,20)(H,18,19). The van der Waals surface area contributed by atoms with Gasteiger partial charge in [0.1, 0.15) is 12.2 Å². The SMILES string of the molecule is CC(C)N(CCC(=O)O)C(=O)NCCc1nncn1C. The van der Waals surface area contributed by atoms with Gasteiger partial charge >= 0.3 is 12.0 Å². The zero-order valence-corrected chi connectivity index (χ0v) is 12.0. The van der Waals surface area contributed by atoms with Crippen LogP contribution in [0.25, 0.3) is 0 Å². The maximum atomic E-state index is 12.0. The summed E-state index contributed by atoms with van der Waals surface area (Å²) in [5, 5.41) is 19.1. The number of carboxylic acid groups (broad SMARTS) is 1. The van der Waals surface area contributed by atoms with Gasteiger partial charge in [0.2, 0.25) is 0 Å². The first-order chi connectivity index (χ1) is 9.41. The topological polar surface area (TPSA) is 100 Å². The molecule has 8 heteroatoms. The summed E-state index contributed by atoms with van der Waals surface area (Å²) < 4.78 is 1.79. The zero-order chi connectivity index (χ0) is 15.1. The second kappa shape index (κ2) is 7.46. The average Bonchev–Trinajstić information content (AvgIpc) is 2.74. The van der Waals surface area contributed by atoms with Crippen molar-refractivity contribution in [1.82, 2.24) is 25.0 Å². The molecule has 1 rings (SSSR count). The number of hydrogen-bond acceptors (Lipinski definition) is 4. The molecule has 0 aliphatic carbocycles. The van der Waals surface area contributed by atoms with Gasteiger partial charge in [-0.25, -0.2) is 4.79 Å². The van der Waals surface area contributed by atoms with Gasteiger partial charge in [0, 0.05) is 32.6 Å². The molecule has 2 amide bonds. The fourth-order valence-corrected chi connectivity index (χ4v) is 1.73. The van der Waals surface area contributed by atoms with Gasteiger partial charge in [-0.1, -0.05) is 0 Å². The van der Waals surface area contributed by atoms with E-state index in [4.69, 9.17) is 5.11 Å².